The summed E-state index contributed by atoms with van der Waals surface area (Å²) in [5.41, 5.74) is 1.86. The molecule has 3 aromatic carbocycles. The number of carbonyl (C=O) groups excluding carboxylic acids is 2. The summed E-state index contributed by atoms with van der Waals surface area (Å²) >= 11 is 0. The van der Waals surface area contributed by atoms with Gasteiger partial charge in [0.15, 0.2) is 0 Å². The first-order chi connectivity index (χ1) is 18.1. The van der Waals surface area contributed by atoms with E-state index in [1.54, 1.807) is 13.8 Å². The molecule has 3 aromatic rings. The largest absolute Gasteiger partial charge is 0.497 e. The molecule has 1 atom stereocenters. The van der Waals surface area contributed by atoms with Crippen LogP contribution in [0.2, 0.25) is 0 Å². The fourth-order valence-corrected chi connectivity index (χ4v) is 5.30. The van der Waals surface area contributed by atoms with Crippen molar-refractivity contribution in [1.82, 2.24) is 10.2 Å². The lowest BCUT2D eigenvalue weighted by Crippen LogP contribution is -2.51. The Balaban J connectivity index is 2.03. The van der Waals surface area contributed by atoms with Gasteiger partial charge in [0.2, 0.25) is 11.8 Å². The van der Waals surface area contributed by atoms with Crippen molar-refractivity contribution in [1.29, 1.82) is 0 Å². The molecular formula is C28H32FN3O5S. The number of methoxy groups -OCH3 is 1. The van der Waals surface area contributed by atoms with Crippen molar-refractivity contribution in [3.63, 3.8) is 0 Å². The first kappa shape index (κ1) is 28.6. The van der Waals surface area contributed by atoms with Crippen molar-refractivity contribution in [2.24, 2.45) is 0 Å². The molecule has 0 spiro atoms. The number of anilines is 1. The molecule has 0 unspecified atom stereocenters. The lowest BCUT2D eigenvalue weighted by molar-refractivity contribution is -0.139. The summed E-state index contributed by atoms with van der Waals surface area (Å²) in [5, 5.41) is 2.72. The van der Waals surface area contributed by atoms with Gasteiger partial charge in [-0.2, -0.15) is 0 Å². The highest BCUT2D eigenvalue weighted by Gasteiger charge is 2.32. The number of amides is 2. The predicted octanol–water partition coefficient (Wildman–Crippen LogP) is 3.89. The highest BCUT2D eigenvalue weighted by atomic mass is 32.2. The van der Waals surface area contributed by atoms with Gasteiger partial charge in [-0.3, -0.25) is 13.9 Å². The van der Waals surface area contributed by atoms with Crippen LogP contribution < -0.4 is 14.4 Å². The highest BCUT2D eigenvalue weighted by Crippen LogP contribution is 2.26. The van der Waals surface area contributed by atoms with Crippen LogP contribution in [0, 0.1) is 12.7 Å². The summed E-state index contributed by atoms with van der Waals surface area (Å²) in [6.07, 6.45) is 0. The predicted molar refractivity (Wildman–Crippen MR) is 144 cm³/mol. The van der Waals surface area contributed by atoms with Crippen LogP contribution in [-0.4, -0.2) is 51.4 Å². The molecule has 3 rings (SSSR count). The number of hydrogen-bond acceptors (Lipinski definition) is 5. The molecule has 8 nitrogen and oxygen atoms in total. The van der Waals surface area contributed by atoms with Gasteiger partial charge in [-0.25, -0.2) is 12.8 Å². The summed E-state index contributed by atoms with van der Waals surface area (Å²) in [7, 11) is -2.79. The van der Waals surface area contributed by atoms with Crippen LogP contribution in [0.4, 0.5) is 10.1 Å². The molecule has 2 amide bonds. The topological polar surface area (TPSA) is 96.0 Å². The number of likely N-dealkylation sites (N-methyl/N-ethyl adjacent to an activating group) is 1. The average Bonchev–Trinajstić information content (AvgIpc) is 2.91. The van der Waals surface area contributed by atoms with Crippen molar-refractivity contribution in [2.45, 2.75) is 38.3 Å². The zero-order valence-corrected chi connectivity index (χ0v) is 22.7. The quantitative estimate of drug-likeness (QED) is 0.397. The van der Waals surface area contributed by atoms with Gasteiger partial charge in [0.1, 0.15) is 24.2 Å². The van der Waals surface area contributed by atoms with Crippen LogP contribution in [0.5, 0.6) is 5.75 Å². The summed E-state index contributed by atoms with van der Waals surface area (Å²) in [6.45, 7) is 5.15. The van der Waals surface area contributed by atoms with Gasteiger partial charge in [0.25, 0.3) is 10.0 Å². The number of benzene rings is 3. The molecule has 202 valence electrons. The molecule has 0 saturated carbocycles. The molecule has 0 saturated heterocycles. The molecule has 0 aromatic heterocycles. The van der Waals surface area contributed by atoms with E-state index in [9.17, 15) is 22.4 Å². The van der Waals surface area contributed by atoms with E-state index in [4.69, 9.17) is 4.74 Å². The summed E-state index contributed by atoms with van der Waals surface area (Å²) < 4.78 is 47.2. The van der Waals surface area contributed by atoms with E-state index in [1.807, 2.05) is 31.2 Å². The molecule has 0 aliphatic rings. The molecule has 0 aliphatic heterocycles. The fourth-order valence-electron chi connectivity index (χ4n) is 3.89. The SMILES string of the molecule is CCNC(=O)[C@H](C)N(Cc1ccccc1C)C(=O)CN(c1ccc(F)cc1)S(=O)(=O)c1ccc(OC)cc1. The molecule has 10 heteroatoms. The second-order valence-corrected chi connectivity index (χ2v) is 10.5. The first-order valence-electron chi connectivity index (χ1n) is 12.1. The summed E-state index contributed by atoms with van der Waals surface area (Å²) in [4.78, 5) is 27.8. The minimum absolute atomic E-state index is 0.0716. The maximum Gasteiger partial charge on any atom is 0.264 e. The van der Waals surface area contributed by atoms with Gasteiger partial charge in [0, 0.05) is 13.1 Å². The molecule has 0 bridgehead atoms. The standard InChI is InChI=1S/C28H32FN3O5S/c1-5-30-28(34)21(3)31(18-22-9-7-6-8-20(22)2)27(33)19-32(24-12-10-23(29)11-13-24)38(35,36)26-16-14-25(37-4)15-17-26/h6-17,21H,5,18-19H2,1-4H3,(H,30,34)/t21-/m0/s1. The molecule has 38 heavy (non-hydrogen) atoms. The van der Waals surface area contributed by atoms with Crippen LogP contribution in [0.15, 0.2) is 77.7 Å². The van der Waals surface area contributed by atoms with E-state index in [-0.39, 0.29) is 23.0 Å². The van der Waals surface area contributed by atoms with Gasteiger partial charge in [-0.05, 0) is 80.4 Å². The molecule has 1 N–H and O–H groups in total. The number of nitrogens with one attached hydrogen (secondary N) is 1. The second kappa shape index (κ2) is 12.6. The molecule has 0 aliphatic carbocycles. The first-order valence-corrected chi connectivity index (χ1v) is 13.6. The van der Waals surface area contributed by atoms with Crippen molar-refractivity contribution < 1.29 is 27.1 Å². The van der Waals surface area contributed by atoms with Crippen LogP contribution in [0.1, 0.15) is 25.0 Å². The number of ether oxygens (including phenoxy) is 1. The minimum Gasteiger partial charge on any atom is -0.497 e. The maximum atomic E-state index is 13.8. The molecule has 0 radical (unpaired) electrons. The average molecular weight is 542 g/mol. The maximum absolute atomic E-state index is 13.8. The lowest BCUT2D eigenvalue weighted by Gasteiger charge is -2.32. The minimum atomic E-state index is -4.25. The van der Waals surface area contributed by atoms with Crippen molar-refractivity contribution in [2.75, 3.05) is 24.5 Å². The second-order valence-electron chi connectivity index (χ2n) is 8.68. The smallest absolute Gasteiger partial charge is 0.264 e. The number of nitrogens with zero attached hydrogens (tertiary/aromatic N) is 2. The van der Waals surface area contributed by atoms with Gasteiger partial charge in [-0.1, -0.05) is 24.3 Å². The van der Waals surface area contributed by atoms with Crippen LogP contribution in [-0.2, 0) is 26.2 Å². The van der Waals surface area contributed by atoms with E-state index in [0.29, 0.717) is 12.3 Å². The zero-order valence-electron chi connectivity index (χ0n) is 21.8. The monoisotopic (exact) mass is 541 g/mol. The third kappa shape index (κ3) is 6.69. The van der Waals surface area contributed by atoms with Crippen LogP contribution >= 0.6 is 0 Å². The van der Waals surface area contributed by atoms with E-state index in [1.165, 1.54) is 48.4 Å². The number of aryl methyl sites for hydroxylation is 1. The van der Waals surface area contributed by atoms with Crippen molar-refractivity contribution in [3.05, 3.63) is 89.7 Å². The third-order valence-electron chi connectivity index (χ3n) is 6.16. The Morgan fingerprint density at radius 2 is 1.63 bits per heavy atom. The van der Waals surface area contributed by atoms with Gasteiger partial charge in [-0.15, -0.1) is 0 Å². The van der Waals surface area contributed by atoms with Gasteiger partial charge < -0.3 is 15.0 Å². The number of hydrogen-bond donors (Lipinski definition) is 1. The summed E-state index contributed by atoms with van der Waals surface area (Å²) in [5.74, 6) is -1.03. The Bertz CT molecular complexity index is 1360. The fraction of sp³-hybridized carbons (Fsp3) is 0.286. The normalized spacial score (nSPS) is 11.9. The number of carbonyl (C=O) groups is 2. The Hall–Kier alpha value is -3.92. The molecule has 0 heterocycles. The van der Waals surface area contributed by atoms with E-state index < -0.39 is 34.3 Å². The highest BCUT2D eigenvalue weighted by molar-refractivity contribution is 7.92. The number of rotatable bonds is 11. The Morgan fingerprint density at radius 1 is 1.00 bits per heavy atom. The van der Waals surface area contributed by atoms with Crippen molar-refractivity contribution >= 4 is 27.5 Å². The molecule has 0 fully saturated rings. The zero-order chi connectivity index (χ0) is 27.9. The van der Waals surface area contributed by atoms with E-state index >= 15 is 0 Å². The van der Waals surface area contributed by atoms with E-state index in [2.05, 4.69) is 5.32 Å². The molecular weight excluding hydrogens is 509 g/mol. The lowest BCUT2D eigenvalue weighted by atomic mass is 10.1. The number of sulfonamides is 1. The Kier molecular flexibility index (Phi) is 9.46. The van der Waals surface area contributed by atoms with Gasteiger partial charge >= 0.3 is 0 Å². The number of halogens is 1. The Labute approximate surface area is 223 Å². The van der Waals surface area contributed by atoms with Crippen molar-refractivity contribution in [3.8, 4) is 5.75 Å². The van der Waals surface area contributed by atoms with Gasteiger partial charge in [0.05, 0.1) is 17.7 Å². The van der Waals surface area contributed by atoms with Crippen LogP contribution in [0.3, 0.4) is 0 Å². The third-order valence-corrected chi connectivity index (χ3v) is 7.95. The van der Waals surface area contributed by atoms with Crippen LogP contribution in [0.25, 0.3) is 0 Å². The van der Waals surface area contributed by atoms with E-state index in [0.717, 1.165) is 27.6 Å². The summed E-state index contributed by atoms with van der Waals surface area (Å²) in [6, 6.07) is 17.2. The Morgan fingerprint density at radius 3 is 2.21 bits per heavy atom.